The predicted molar refractivity (Wildman–Crippen MR) is 99.7 cm³/mol. The molecule has 25 heavy (non-hydrogen) atoms. The minimum absolute atomic E-state index is 0.0825. The number of carbonyl (C=O) groups excluding carboxylic acids is 1. The summed E-state index contributed by atoms with van der Waals surface area (Å²) in [5, 5.41) is 6.47. The molecule has 5 heteroatoms. The first-order valence-corrected chi connectivity index (χ1v) is 9.55. The summed E-state index contributed by atoms with van der Waals surface area (Å²) >= 11 is 0. The smallest absolute Gasteiger partial charge is 0.223 e. The van der Waals surface area contributed by atoms with Crippen LogP contribution >= 0.6 is 0 Å². The highest BCUT2D eigenvalue weighted by molar-refractivity contribution is 5.78. The summed E-state index contributed by atoms with van der Waals surface area (Å²) in [7, 11) is 1.69. The second kappa shape index (κ2) is 8.68. The van der Waals surface area contributed by atoms with Crippen LogP contribution in [0.3, 0.4) is 0 Å². The molecule has 0 radical (unpaired) electrons. The molecule has 2 fully saturated rings. The number of benzene rings is 1. The number of methoxy groups -OCH3 is 1. The Morgan fingerprint density at radius 1 is 1.24 bits per heavy atom. The molecule has 0 aromatic heterocycles. The number of likely N-dealkylation sites (tertiary alicyclic amines) is 1. The first kappa shape index (κ1) is 18.2. The third-order valence-corrected chi connectivity index (χ3v) is 5.74. The molecule has 3 rings (SSSR count). The van der Waals surface area contributed by atoms with Crippen molar-refractivity contribution in [2.75, 3.05) is 39.8 Å². The van der Waals surface area contributed by atoms with Crippen molar-refractivity contribution in [3.05, 3.63) is 29.8 Å². The lowest BCUT2D eigenvalue weighted by atomic mass is 9.88. The van der Waals surface area contributed by atoms with Crippen LogP contribution in [0, 0.1) is 11.8 Å². The van der Waals surface area contributed by atoms with Crippen molar-refractivity contribution >= 4 is 5.91 Å². The average molecular weight is 345 g/mol. The van der Waals surface area contributed by atoms with Crippen molar-refractivity contribution in [3.63, 3.8) is 0 Å². The molecular formula is C20H31N3O2. The van der Waals surface area contributed by atoms with Crippen LogP contribution in [0.15, 0.2) is 24.3 Å². The van der Waals surface area contributed by atoms with Crippen LogP contribution in [0.2, 0.25) is 0 Å². The molecule has 0 spiro atoms. The molecule has 2 unspecified atom stereocenters. The molecule has 2 heterocycles. The van der Waals surface area contributed by atoms with Gasteiger partial charge in [0.25, 0.3) is 0 Å². The van der Waals surface area contributed by atoms with Gasteiger partial charge >= 0.3 is 0 Å². The van der Waals surface area contributed by atoms with Crippen molar-refractivity contribution in [1.29, 1.82) is 0 Å². The van der Waals surface area contributed by atoms with Gasteiger partial charge in [-0.15, -0.1) is 0 Å². The van der Waals surface area contributed by atoms with Crippen LogP contribution in [-0.2, 0) is 4.79 Å². The Balaban J connectivity index is 1.65. The number of nitrogens with zero attached hydrogens (tertiary/aromatic N) is 1. The fourth-order valence-corrected chi connectivity index (χ4v) is 3.75. The molecule has 2 aliphatic rings. The zero-order chi connectivity index (χ0) is 17.6. The fourth-order valence-electron chi connectivity index (χ4n) is 3.75. The Morgan fingerprint density at radius 3 is 2.48 bits per heavy atom. The molecule has 2 N–H and O–H groups in total. The standard InChI is InChI=1S/C20H31N3O2/c1-15(17-12-21-13-17)20(24)22-14-19(23-10-4-3-5-11-23)16-6-8-18(25-2)9-7-16/h6-9,15,17,19,21H,3-5,10-14H2,1-2H3,(H,22,24). The third-order valence-electron chi connectivity index (χ3n) is 5.74. The van der Waals surface area contributed by atoms with E-state index in [1.807, 2.05) is 19.1 Å². The summed E-state index contributed by atoms with van der Waals surface area (Å²) < 4.78 is 5.28. The Bertz CT molecular complexity index is 551. The lowest BCUT2D eigenvalue weighted by Gasteiger charge is -2.36. The monoisotopic (exact) mass is 345 g/mol. The maximum absolute atomic E-state index is 12.5. The molecule has 2 atom stereocenters. The lowest BCUT2D eigenvalue weighted by molar-refractivity contribution is -0.127. The Labute approximate surface area is 151 Å². The number of amides is 1. The molecule has 1 aromatic carbocycles. The van der Waals surface area contributed by atoms with Gasteiger partial charge in [-0.1, -0.05) is 25.5 Å². The SMILES string of the molecule is COc1ccc(C(CNC(=O)C(C)C2CNC2)N2CCCCC2)cc1. The van der Waals surface area contributed by atoms with Crippen molar-refractivity contribution in [2.24, 2.45) is 11.8 Å². The van der Waals surface area contributed by atoms with Gasteiger partial charge < -0.3 is 15.4 Å². The van der Waals surface area contributed by atoms with Gasteiger partial charge in [-0.25, -0.2) is 0 Å². The predicted octanol–water partition coefficient (Wildman–Crippen LogP) is 2.19. The van der Waals surface area contributed by atoms with E-state index in [-0.39, 0.29) is 17.9 Å². The Morgan fingerprint density at radius 2 is 1.92 bits per heavy atom. The molecule has 138 valence electrons. The number of rotatable bonds is 7. The van der Waals surface area contributed by atoms with Crippen LogP contribution in [0.5, 0.6) is 5.75 Å². The van der Waals surface area contributed by atoms with Crippen molar-refractivity contribution in [1.82, 2.24) is 15.5 Å². The quantitative estimate of drug-likeness (QED) is 0.795. The second-order valence-electron chi connectivity index (χ2n) is 7.34. The number of carbonyl (C=O) groups is 1. The van der Waals surface area contributed by atoms with Crippen molar-refractivity contribution in [3.8, 4) is 5.75 Å². The fraction of sp³-hybridized carbons (Fsp3) is 0.650. The van der Waals surface area contributed by atoms with E-state index >= 15 is 0 Å². The molecule has 1 amide bonds. The molecular weight excluding hydrogens is 314 g/mol. The molecule has 0 bridgehead atoms. The average Bonchev–Trinajstić information content (AvgIpc) is 2.61. The van der Waals surface area contributed by atoms with E-state index in [4.69, 9.17) is 4.74 Å². The maximum atomic E-state index is 12.5. The van der Waals surface area contributed by atoms with E-state index in [0.717, 1.165) is 31.9 Å². The first-order valence-electron chi connectivity index (χ1n) is 9.55. The van der Waals surface area contributed by atoms with Gasteiger partial charge in [0.05, 0.1) is 13.2 Å². The lowest BCUT2D eigenvalue weighted by Crippen LogP contribution is -2.50. The highest BCUT2D eigenvalue weighted by Gasteiger charge is 2.30. The van der Waals surface area contributed by atoms with Gasteiger partial charge in [-0.3, -0.25) is 9.69 Å². The highest BCUT2D eigenvalue weighted by Crippen LogP contribution is 2.26. The minimum atomic E-state index is 0.0825. The number of hydrogen-bond acceptors (Lipinski definition) is 4. The Kier molecular flexibility index (Phi) is 6.32. The van der Waals surface area contributed by atoms with E-state index in [0.29, 0.717) is 12.5 Å². The summed E-state index contributed by atoms with van der Waals surface area (Å²) in [6.45, 7) is 6.86. The highest BCUT2D eigenvalue weighted by atomic mass is 16.5. The minimum Gasteiger partial charge on any atom is -0.497 e. The van der Waals surface area contributed by atoms with Gasteiger partial charge in [0.15, 0.2) is 0 Å². The molecule has 1 aromatic rings. The third kappa shape index (κ3) is 4.53. The molecule has 2 saturated heterocycles. The summed E-state index contributed by atoms with van der Waals surface area (Å²) in [5.41, 5.74) is 1.25. The van der Waals surface area contributed by atoms with Gasteiger partial charge in [0, 0.05) is 12.5 Å². The van der Waals surface area contributed by atoms with Gasteiger partial charge in [-0.05, 0) is 62.6 Å². The maximum Gasteiger partial charge on any atom is 0.223 e. The summed E-state index contributed by atoms with van der Waals surface area (Å²) in [6.07, 6.45) is 3.79. The van der Waals surface area contributed by atoms with Crippen LogP contribution in [0.1, 0.15) is 37.8 Å². The van der Waals surface area contributed by atoms with Crippen LogP contribution in [-0.4, -0.2) is 50.6 Å². The van der Waals surface area contributed by atoms with E-state index in [1.165, 1.54) is 24.8 Å². The summed E-state index contributed by atoms with van der Waals surface area (Å²) in [4.78, 5) is 15.0. The molecule has 5 nitrogen and oxygen atoms in total. The summed E-state index contributed by atoms with van der Waals surface area (Å²) in [5.74, 6) is 1.62. The molecule has 0 saturated carbocycles. The van der Waals surface area contributed by atoms with Crippen molar-refractivity contribution in [2.45, 2.75) is 32.2 Å². The Hall–Kier alpha value is -1.59. The van der Waals surface area contributed by atoms with Crippen LogP contribution in [0.4, 0.5) is 0 Å². The van der Waals surface area contributed by atoms with Crippen LogP contribution in [0.25, 0.3) is 0 Å². The zero-order valence-electron chi connectivity index (χ0n) is 15.5. The van der Waals surface area contributed by atoms with Gasteiger partial charge in [0.2, 0.25) is 5.91 Å². The number of ether oxygens (including phenoxy) is 1. The second-order valence-corrected chi connectivity index (χ2v) is 7.34. The molecule has 0 aliphatic carbocycles. The van der Waals surface area contributed by atoms with Gasteiger partial charge in [-0.2, -0.15) is 0 Å². The number of nitrogens with one attached hydrogen (secondary N) is 2. The van der Waals surface area contributed by atoms with Crippen LogP contribution < -0.4 is 15.4 Å². The molecule has 2 aliphatic heterocycles. The largest absolute Gasteiger partial charge is 0.497 e. The van der Waals surface area contributed by atoms with E-state index in [1.54, 1.807) is 7.11 Å². The number of hydrogen-bond donors (Lipinski definition) is 2. The normalized spacial score (nSPS) is 21.2. The summed E-state index contributed by atoms with van der Waals surface area (Å²) in [6, 6.07) is 8.52. The zero-order valence-corrected chi connectivity index (χ0v) is 15.5. The van der Waals surface area contributed by atoms with E-state index in [9.17, 15) is 4.79 Å². The first-order chi connectivity index (χ1) is 12.2. The van der Waals surface area contributed by atoms with Crippen molar-refractivity contribution < 1.29 is 9.53 Å². The van der Waals surface area contributed by atoms with E-state index < -0.39 is 0 Å². The van der Waals surface area contributed by atoms with Gasteiger partial charge in [0.1, 0.15) is 5.75 Å². The number of piperidine rings is 1. The van der Waals surface area contributed by atoms with E-state index in [2.05, 4.69) is 27.7 Å². The topological polar surface area (TPSA) is 53.6 Å².